The molecule has 188 valence electrons. The number of nitrogens with zero attached hydrogens (tertiary/aromatic N) is 4. The minimum atomic E-state index is -2.86. The summed E-state index contributed by atoms with van der Waals surface area (Å²) in [4.78, 5) is 20.9. The molecule has 10 heteroatoms. The average Bonchev–Trinajstić information content (AvgIpc) is 3.52. The highest BCUT2D eigenvalue weighted by atomic mass is 32.1. The van der Waals surface area contributed by atoms with Crippen LogP contribution in [0.3, 0.4) is 0 Å². The van der Waals surface area contributed by atoms with Gasteiger partial charge in [0.05, 0.1) is 16.8 Å². The zero-order valence-corrected chi connectivity index (χ0v) is 20.9. The molecule has 3 aromatic rings. The van der Waals surface area contributed by atoms with Crippen LogP contribution in [0, 0.1) is 5.92 Å². The predicted molar refractivity (Wildman–Crippen MR) is 131 cm³/mol. The lowest BCUT2D eigenvalue weighted by atomic mass is 10.0. The standard InChI is InChI=1S/C25H31F2N5O2S/c1-25(26,27)15-34-24-29-21-14-32(11-9-22(21)35-24)10-8-16-6-7-17(12-16)28-23(33)18-4-3-5-20-19(18)13-31(2)30-20/h3-5,13,16-17H,6-12,14-15H2,1-2H3,(H,28,33)/t16-,17+/m1/s1. The number of fused-ring (bicyclic) bond motifs is 2. The molecule has 0 saturated heterocycles. The van der Waals surface area contributed by atoms with Gasteiger partial charge in [0.15, 0.2) is 6.61 Å². The second kappa shape index (κ2) is 9.81. The van der Waals surface area contributed by atoms with E-state index >= 15 is 0 Å². The van der Waals surface area contributed by atoms with E-state index in [1.165, 1.54) is 11.3 Å². The van der Waals surface area contributed by atoms with Gasteiger partial charge in [-0.3, -0.25) is 14.4 Å². The zero-order valence-electron chi connectivity index (χ0n) is 20.1. The van der Waals surface area contributed by atoms with Crippen molar-refractivity contribution in [3.63, 3.8) is 0 Å². The highest BCUT2D eigenvalue weighted by molar-refractivity contribution is 7.13. The third-order valence-corrected chi connectivity index (χ3v) is 7.95. The Balaban J connectivity index is 1.09. The second-order valence-electron chi connectivity index (χ2n) is 9.91. The van der Waals surface area contributed by atoms with Gasteiger partial charge in [-0.25, -0.2) is 13.8 Å². The predicted octanol–water partition coefficient (Wildman–Crippen LogP) is 4.41. The fourth-order valence-corrected chi connectivity index (χ4v) is 6.03. The van der Waals surface area contributed by atoms with Crippen molar-refractivity contribution in [2.24, 2.45) is 13.0 Å². The molecule has 7 nitrogen and oxygen atoms in total. The molecule has 1 aliphatic carbocycles. The summed E-state index contributed by atoms with van der Waals surface area (Å²) in [6, 6.07) is 5.86. The van der Waals surface area contributed by atoms with Crippen LogP contribution >= 0.6 is 11.3 Å². The Hall–Kier alpha value is -2.59. The molecule has 3 heterocycles. The molecule has 2 aromatic heterocycles. The van der Waals surface area contributed by atoms with Crippen LogP contribution in [0.25, 0.3) is 10.9 Å². The first-order valence-electron chi connectivity index (χ1n) is 12.2. The quantitative estimate of drug-likeness (QED) is 0.493. The number of hydrogen-bond donors (Lipinski definition) is 1. The van der Waals surface area contributed by atoms with E-state index in [0.29, 0.717) is 16.7 Å². The molecule has 0 radical (unpaired) electrons. The summed E-state index contributed by atoms with van der Waals surface area (Å²) in [6.07, 6.45) is 6.95. The van der Waals surface area contributed by atoms with Crippen LogP contribution in [-0.4, -0.2) is 57.2 Å². The highest BCUT2D eigenvalue weighted by Gasteiger charge is 2.29. The monoisotopic (exact) mass is 503 g/mol. The molecule has 0 spiro atoms. The van der Waals surface area contributed by atoms with Crippen molar-refractivity contribution in [1.82, 2.24) is 25.0 Å². The number of carbonyl (C=O) groups is 1. The van der Waals surface area contributed by atoms with Gasteiger partial charge < -0.3 is 10.1 Å². The molecule has 1 saturated carbocycles. The largest absolute Gasteiger partial charge is 0.464 e. The molecule has 1 fully saturated rings. The maximum absolute atomic E-state index is 13.1. The number of nitrogens with one attached hydrogen (secondary N) is 1. The van der Waals surface area contributed by atoms with Gasteiger partial charge in [-0.15, -0.1) is 0 Å². The zero-order chi connectivity index (χ0) is 24.6. The molecule has 0 bridgehead atoms. The lowest BCUT2D eigenvalue weighted by Crippen LogP contribution is -2.33. The third kappa shape index (κ3) is 5.81. The number of halogens is 2. The van der Waals surface area contributed by atoms with Gasteiger partial charge in [-0.05, 0) is 56.7 Å². The number of amides is 1. The molecule has 1 aromatic carbocycles. The van der Waals surface area contributed by atoms with Crippen LogP contribution in [0.1, 0.15) is 53.5 Å². The summed E-state index contributed by atoms with van der Waals surface area (Å²) >= 11 is 1.39. The number of rotatable bonds is 8. The number of carbonyl (C=O) groups excluding carboxylic acids is 1. The van der Waals surface area contributed by atoms with Crippen molar-refractivity contribution in [3.8, 4) is 5.19 Å². The Bertz CT molecular complexity index is 1200. The van der Waals surface area contributed by atoms with E-state index < -0.39 is 12.5 Å². The van der Waals surface area contributed by atoms with Crippen LogP contribution < -0.4 is 10.1 Å². The summed E-state index contributed by atoms with van der Waals surface area (Å²) in [7, 11) is 1.86. The minimum Gasteiger partial charge on any atom is -0.464 e. The van der Waals surface area contributed by atoms with Crippen molar-refractivity contribution in [2.45, 2.75) is 57.5 Å². The molecule has 35 heavy (non-hydrogen) atoms. The van der Waals surface area contributed by atoms with Gasteiger partial charge in [0.2, 0.25) is 0 Å². The van der Waals surface area contributed by atoms with E-state index in [2.05, 4.69) is 20.3 Å². The number of ether oxygens (including phenoxy) is 1. The molecule has 0 unspecified atom stereocenters. The SMILES string of the molecule is Cn1cc2c(C(=O)N[C@H]3CC[C@H](CCN4CCc5sc(OCC(C)(F)F)nc5C4)C3)cccc2n1. The summed E-state index contributed by atoms with van der Waals surface area (Å²) in [5.41, 5.74) is 2.46. The molecular formula is C25H31F2N5O2S. The molecular weight excluding hydrogens is 472 g/mol. The van der Waals surface area contributed by atoms with Crippen molar-refractivity contribution in [2.75, 3.05) is 19.7 Å². The van der Waals surface area contributed by atoms with Gasteiger partial charge in [0.25, 0.3) is 17.0 Å². The van der Waals surface area contributed by atoms with Crippen LogP contribution in [0.2, 0.25) is 0 Å². The minimum absolute atomic E-state index is 0.0276. The van der Waals surface area contributed by atoms with E-state index in [1.54, 1.807) is 4.68 Å². The van der Waals surface area contributed by atoms with Crippen LogP contribution in [0.5, 0.6) is 5.19 Å². The van der Waals surface area contributed by atoms with Crippen molar-refractivity contribution in [3.05, 3.63) is 40.5 Å². The lowest BCUT2D eigenvalue weighted by molar-refractivity contribution is -0.0230. The number of benzene rings is 1. The Morgan fingerprint density at radius 2 is 2.20 bits per heavy atom. The van der Waals surface area contributed by atoms with Crippen LogP contribution in [0.4, 0.5) is 8.78 Å². The highest BCUT2D eigenvalue weighted by Crippen LogP contribution is 2.33. The van der Waals surface area contributed by atoms with Crippen LogP contribution in [0.15, 0.2) is 24.4 Å². The maximum atomic E-state index is 13.1. The molecule has 1 aliphatic heterocycles. The summed E-state index contributed by atoms with van der Waals surface area (Å²) in [5, 5.41) is 8.85. The first-order chi connectivity index (χ1) is 16.7. The van der Waals surface area contributed by atoms with Gasteiger partial charge in [-0.1, -0.05) is 17.4 Å². The Morgan fingerprint density at radius 1 is 1.34 bits per heavy atom. The third-order valence-electron chi connectivity index (χ3n) is 6.88. The first kappa shape index (κ1) is 24.1. The Morgan fingerprint density at radius 3 is 3.03 bits per heavy atom. The first-order valence-corrected chi connectivity index (χ1v) is 13.0. The molecule has 2 aliphatic rings. The number of thiazole rings is 1. The lowest BCUT2D eigenvalue weighted by Gasteiger charge is -2.26. The van der Waals surface area contributed by atoms with E-state index in [4.69, 9.17) is 4.74 Å². The van der Waals surface area contributed by atoms with E-state index in [0.717, 1.165) is 80.1 Å². The molecule has 2 atom stereocenters. The normalized spacial score (nSPS) is 20.8. The fraction of sp³-hybridized carbons (Fsp3) is 0.560. The number of alkyl halides is 2. The number of aryl methyl sites for hydroxylation is 1. The fourth-order valence-electron chi connectivity index (χ4n) is 5.13. The van der Waals surface area contributed by atoms with Gasteiger partial charge in [0.1, 0.15) is 0 Å². The van der Waals surface area contributed by atoms with Crippen molar-refractivity contribution >= 4 is 28.1 Å². The summed E-state index contributed by atoms with van der Waals surface area (Å²) < 4.78 is 33.1. The van der Waals surface area contributed by atoms with E-state index in [9.17, 15) is 13.6 Å². The average molecular weight is 504 g/mol. The topological polar surface area (TPSA) is 72.3 Å². The van der Waals surface area contributed by atoms with E-state index in [-0.39, 0.29) is 11.9 Å². The number of hydrogen-bond acceptors (Lipinski definition) is 6. The smallest absolute Gasteiger partial charge is 0.278 e. The van der Waals surface area contributed by atoms with Gasteiger partial charge >= 0.3 is 0 Å². The second-order valence-corrected chi connectivity index (χ2v) is 11.0. The maximum Gasteiger partial charge on any atom is 0.278 e. The van der Waals surface area contributed by atoms with Crippen molar-refractivity contribution in [1.29, 1.82) is 0 Å². The molecule has 1 amide bonds. The Kier molecular flexibility index (Phi) is 6.76. The summed E-state index contributed by atoms with van der Waals surface area (Å²) in [5.74, 6) is -2.31. The Labute approximate surface area is 207 Å². The van der Waals surface area contributed by atoms with Crippen LogP contribution in [-0.2, 0) is 20.0 Å². The molecule has 1 N–H and O–H groups in total. The summed E-state index contributed by atoms with van der Waals surface area (Å²) in [6.45, 7) is 2.86. The van der Waals surface area contributed by atoms with E-state index in [1.807, 2.05) is 31.4 Å². The number of aromatic nitrogens is 3. The van der Waals surface area contributed by atoms with Gasteiger partial charge in [0, 0.05) is 49.6 Å². The van der Waals surface area contributed by atoms with Crippen molar-refractivity contribution < 1.29 is 18.3 Å². The van der Waals surface area contributed by atoms with Gasteiger partial charge in [-0.2, -0.15) is 5.10 Å². The molecule has 5 rings (SSSR count).